The molecule has 1 heterocycles. The highest BCUT2D eigenvalue weighted by atomic mass is 16.7. The molecule has 0 aromatic heterocycles. The van der Waals surface area contributed by atoms with Gasteiger partial charge in [-0.25, -0.2) is 4.79 Å². The van der Waals surface area contributed by atoms with Gasteiger partial charge in [-0.3, -0.25) is 0 Å². The molecule has 0 bridgehead atoms. The van der Waals surface area contributed by atoms with Crippen LogP contribution in [0.3, 0.4) is 0 Å². The first-order chi connectivity index (χ1) is 8.17. The second-order valence-corrected chi connectivity index (χ2v) is 4.65. The van der Waals surface area contributed by atoms with Gasteiger partial charge in [0, 0.05) is 25.9 Å². The average molecular weight is 243 g/mol. The lowest BCUT2D eigenvalue weighted by molar-refractivity contribution is -0.182. The van der Waals surface area contributed by atoms with E-state index in [1.807, 2.05) is 6.92 Å². The van der Waals surface area contributed by atoms with Crippen LogP contribution in [0.25, 0.3) is 0 Å². The molecule has 2 aliphatic rings. The fourth-order valence-corrected chi connectivity index (χ4v) is 2.59. The lowest BCUT2D eigenvalue weighted by Gasteiger charge is -2.38. The molecule has 17 heavy (non-hydrogen) atoms. The summed E-state index contributed by atoms with van der Waals surface area (Å²) in [6, 6.07) is 0.243. The van der Waals surface area contributed by atoms with Gasteiger partial charge in [-0.1, -0.05) is 0 Å². The Hall–Kier alpha value is -0.810. The lowest BCUT2D eigenvalue weighted by Crippen LogP contribution is -2.45. The van der Waals surface area contributed by atoms with E-state index >= 15 is 0 Å². The molecule has 1 saturated carbocycles. The molecule has 1 aliphatic carbocycles. The van der Waals surface area contributed by atoms with Crippen LogP contribution in [0.4, 0.5) is 4.79 Å². The van der Waals surface area contributed by atoms with E-state index < -0.39 is 0 Å². The summed E-state index contributed by atoms with van der Waals surface area (Å²) in [5.41, 5.74) is 0. The highest BCUT2D eigenvalue weighted by Crippen LogP contribution is 2.37. The van der Waals surface area contributed by atoms with E-state index in [4.69, 9.17) is 14.2 Å². The summed E-state index contributed by atoms with van der Waals surface area (Å²) >= 11 is 0. The molecule has 0 N–H and O–H groups in total. The van der Waals surface area contributed by atoms with Crippen molar-refractivity contribution in [2.45, 2.75) is 44.4 Å². The molecule has 1 aliphatic heterocycles. The van der Waals surface area contributed by atoms with Gasteiger partial charge >= 0.3 is 6.09 Å². The third-order valence-electron chi connectivity index (χ3n) is 3.63. The number of carbonyl (C=O) groups is 1. The number of amides is 1. The van der Waals surface area contributed by atoms with Crippen LogP contribution in [-0.4, -0.2) is 49.7 Å². The van der Waals surface area contributed by atoms with Crippen molar-refractivity contribution in [3.05, 3.63) is 0 Å². The summed E-state index contributed by atoms with van der Waals surface area (Å²) in [6.45, 7) is 3.63. The number of carbonyl (C=O) groups excluding carboxylic acids is 1. The third-order valence-corrected chi connectivity index (χ3v) is 3.63. The normalized spacial score (nSPS) is 23.9. The first-order valence-corrected chi connectivity index (χ1v) is 6.34. The van der Waals surface area contributed by atoms with Gasteiger partial charge in [0.15, 0.2) is 5.79 Å². The van der Waals surface area contributed by atoms with Crippen LogP contribution in [0.1, 0.15) is 32.6 Å². The van der Waals surface area contributed by atoms with Gasteiger partial charge in [0.25, 0.3) is 0 Å². The van der Waals surface area contributed by atoms with Gasteiger partial charge in [0.05, 0.1) is 19.8 Å². The minimum absolute atomic E-state index is 0.235. The molecule has 1 amide bonds. The number of nitrogens with zero attached hydrogens (tertiary/aromatic N) is 1. The maximum Gasteiger partial charge on any atom is 0.409 e. The van der Waals surface area contributed by atoms with Crippen LogP contribution in [-0.2, 0) is 14.2 Å². The monoisotopic (exact) mass is 243 g/mol. The molecule has 5 heteroatoms. The summed E-state index contributed by atoms with van der Waals surface area (Å²) < 4.78 is 16.3. The Morgan fingerprint density at radius 2 is 1.94 bits per heavy atom. The molecule has 2 fully saturated rings. The predicted molar refractivity (Wildman–Crippen MR) is 61.7 cm³/mol. The van der Waals surface area contributed by atoms with E-state index in [-0.39, 0.29) is 17.9 Å². The summed E-state index contributed by atoms with van der Waals surface area (Å²) in [5.74, 6) is -0.355. The maximum absolute atomic E-state index is 11.6. The van der Waals surface area contributed by atoms with Crippen molar-refractivity contribution in [1.82, 2.24) is 4.90 Å². The molecular formula is C12H21NO4. The Kier molecular flexibility index (Phi) is 3.89. The van der Waals surface area contributed by atoms with E-state index in [1.54, 1.807) is 11.9 Å². The summed E-state index contributed by atoms with van der Waals surface area (Å²) in [5, 5.41) is 0. The zero-order valence-corrected chi connectivity index (χ0v) is 10.6. The standard InChI is InChI=1S/C12H21NO4/c1-3-15-11(14)13(2)10-4-6-12(7-5-10)16-8-9-17-12/h10H,3-9H2,1-2H3. The fourth-order valence-electron chi connectivity index (χ4n) is 2.59. The topological polar surface area (TPSA) is 48.0 Å². The van der Waals surface area contributed by atoms with Crippen molar-refractivity contribution in [2.24, 2.45) is 0 Å². The summed E-state index contributed by atoms with van der Waals surface area (Å²) in [7, 11) is 1.80. The van der Waals surface area contributed by atoms with Crippen molar-refractivity contribution in [3.63, 3.8) is 0 Å². The Bertz CT molecular complexity index is 266. The third kappa shape index (κ3) is 2.72. The zero-order valence-electron chi connectivity index (χ0n) is 10.6. The highest BCUT2D eigenvalue weighted by molar-refractivity contribution is 5.67. The van der Waals surface area contributed by atoms with Crippen molar-refractivity contribution < 1.29 is 19.0 Å². The van der Waals surface area contributed by atoms with E-state index in [1.165, 1.54) is 0 Å². The van der Waals surface area contributed by atoms with E-state index in [2.05, 4.69) is 0 Å². The summed E-state index contributed by atoms with van der Waals surface area (Å²) in [6.07, 6.45) is 3.31. The van der Waals surface area contributed by atoms with Gasteiger partial charge in [-0.15, -0.1) is 0 Å². The van der Waals surface area contributed by atoms with E-state index in [9.17, 15) is 4.79 Å². The quantitative estimate of drug-likeness (QED) is 0.741. The van der Waals surface area contributed by atoms with E-state index in [0.717, 1.165) is 25.7 Å². The molecule has 0 atom stereocenters. The molecule has 5 nitrogen and oxygen atoms in total. The van der Waals surface area contributed by atoms with Crippen LogP contribution in [0, 0.1) is 0 Å². The smallest absolute Gasteiger partial charge is 0.409 e. The van der Waals surface area contributed by atoms with Crippen LogP contribution >= 0.6 is 0 Å². The number of rotatable bonds is 2. The fraction of sp³-hybridized carbons (Fsp3) is 0.917. The second-order valence-electron chi connectivity index (χ2n) is 4.65. The molecule has 0 aromatic rings. The minimum atomic E-state index is -0.355. The molecule has 98 valence electrons. The van der Waals surface area contributed by atoms with Crippen molar-refractivity contribution >= 4 is 6.09 Å². The predicted octanol–water partition coefficient (Wildman–Crippen LogP) is 1.76. The average Bonchev–Trinajstić information content (AvgIpc) is 2.78. The van der Waals surface area contributed by atoms with Crippen LogP contribution in [0.5, 0.6) is 0 Å². The SMILES string of the molecule is CCOC(=O)N(C)C1CCC2(CC1)OCCO2. The largest absolute Gasteiger partial charge is 0.450 e. The molecule has 1 saturated heterocycles. The minimum Gasteiger partial charge on any atom is -0.450 e. The Balaban J connectivity index is 1.83. The first kappa shape index (κ1) is 12.6. The lowest BCUT2D eigenvalue weighted by atomic mass is 9.89. The maximum atomic E-state index is 11.6. The van der Waals surface area contributed by atoms with E-state index in [0.29, 0.717) is 19.8 Å². The number of hydrogen-bond acceptors (Lipinski definition) is 4. The highest BCUT2D eigenvalue weighted by Gasteiger charge is 2.41. The molecule has 0 unspecified atom stereocenters. The second kappa shape index (κ2) is 5.23. The van der Waals surface area contributed by atoms with Gasteiger partial charge in [-0.2, -0.15) is 0 Å². The Labute approximate surface area is 102 Å². The Morgan fingerprint density at radius 1 is 1.35 bits per heavy atom. The molecule has 0 aromatic carbocycles. The van der Waals surface area contributed by atoms with Crippen molar-refractivity contribution in [2.75, 3.05) is 26.9 Å². The molecule has 2 rings (SSSR count). The zero-order chi connectivity index (χ0) is 12.3. The number of hydrogen-bond donors (Lipinski definition) is 0. The molecule has 1 spiro atoms. The Morgan fingerprint density at radius 3 is 2.47 bits per heavy atom. The van der Waals surface area contributed by atoms with Crippen molar-refractivity contribution in [3.8, 4) is 0 Å². The van der Waals surface area contributed by atoms with Crippen LogP contribution < -0.4 is 0 Å². The molecular weight excluding hydrogens is 222 g/mol. The molecule has 0 radical (unpaired) electrons. The van der Waals surface area contributed by atoms with Crippen molar-refractivity contribution in [1.29, 1.82) is 0 Å². The van der Waals surface area contributed by atoms with Gasteiger partial charge in [-0.05, 0) is 19.8 Å². The first-order valence-electron chi connectivity index (χ1n) is 6.34. The number of ether oxygens (including phenoxy) is 3. The van der Waals surface area contributed by atoms with Gasteiger partial charge < -0.3 is 19.1 Å². The van der Waals surface area contributed by atoms with Gasteiger partial charge in [0.1, 0.15) is 0 Å². The van der Waals surface area contributed by atoms with Gasteiger partial charge in [0.2, 0.25) is 0 Å². The van der Waals surface area contributed by atoms with Crippen LogP contribution in [0.2, 0.25) is 0 Å². The summed E-state index contributed by atoms with van der Waals surface area (Å²) in [4.78, 5) is 13.3. The van der Waals surface area contributed by atoms with Crippen LogP contribution in [0.15, 0.2) is 0 Å².